The predicted octanol–water partition coefficient (Wildman–Crippen LogP) is 2.30. The third-order valence-corrected chi connectivity index (χ3v) is 3.80. The highest BCUT2D eigenvalue weighted by molar-refractivity contribution is 6.34. The number of fused-ring (bicyclic) bond motifs is 3. The van der Waals surface area contributed by atoms with Crippen LogP contribution in [0.15, 0.2) is 30.6 Å². The van der Waals surface area contributed by atoms with Crippen LogP contribution in [0.25, 0.3) is 22.4 Å². The van der Waals surface area contributed by atoms with Crippen molar-refractivity contribution in [2.24, 2.45) is 0 Å². The molecule has 0 fully saturated rings. The second-order valence-electron chi connectivity index (χ2n) is 4.71. The first-order chi connectivity index (χ1) is 10.7. The fourth-order valence-corrected chi connectivity index (χ4v) is 2.52. The SMILES string of the molecule is Cc1nn2c(nc(-n3cnc(C#N)n3)c3ccccc32)c1Cl. The molecule has 4 rings (SSSR count). The largest absolute Gasteiger partial charge is 0.252 e. The standard InChI is InChI=1S/C14H8ClN7/c1-8-12(15)14-18-13(21-7-17-11(6-16)20-21)9-4-2-3-5-10(9)22(14)19-8/h2-5,7H,1H3. The van der Waals surface area contributed by atoms with Gasteiger partial charge in [-0.3, -0.25) is 0 Å². The number of nitriles is 1. The molecule has 0 aliphatic carbocycles. The van der Waals surface area contributed by atoms with Crippen LogP contribution >= 0.6 is 11.6 Å². The summed E-state index contributed by atoms with van der Waals surface area (Å²) >= 11 is 6.29. The molecule has 7 nitrogen and oxygen atoms in total. The molecule has 0 bridgehead atoms. The highest BCUT2D eigenvalue weighted by Crippen LogP contribution is 2.27. The number of hydrogen-bond donors (Lipinski definition) is 0. The van der Waals surface area contributed by atoms with E-state index in [1.807, 2.05) is 37.3 Å². The summed E-state index contributed by atoms with van der Waals surface area (Å²) in [6, 6.07) is 9.56. The van der Waals surface area contributed by atoms with Crippen LogP contribution in [-0.4, -0.2) is 29.4 Å². The first kappa shape index (κ1) is 12.7. The van der Waals surface area contributed by atoms with Crippen molar-refractivity contribution in [2.45, 2.75) is 6.92 Å². The molecular formula is C14H8ClN7. The van der Waals surface area contributed by atoms with Crippen LogP contribution in [-0.2, 0) is 0 Å². The maximum atomic E-state index is 8.89. The highest BCUT2D eigenvalue weighted by Gasteiger charge is 2.16. The fourth-order valence-electron chi connectivity index (χ4n) is 2.36. The molecule has 0 unspecified atom stereocenters. The van der Waals surface area contributed by atoms with E-state index >= 15 is 0 Å². The summed E-state index contributed by atoms with van der Waals surface area (Å²) in [6.45, 7) is 1.83. The summed E-state index contributed by atoms with van der Waals surface area (Å²) in [5, 5.41) is 18.7. The molecule has 0 N–H and O–H groups in total. The maximum absolute atomic E-state index is 8.89. The predicted molar refractivity (Wildman–Crippen MR) is 79.9 cm³/mol. The Morgan fingerprint density at radius 3 is 2.82 bits per heavy atom. The zero-order valence-corrected chi connectivity index (χ0v) is 12.2. The zero-order valence-electron chi connectivity index (χ0n) is 11.4. The van der Waals surface area contributed by atoms with Gasteiger partial charge < -0.3 is 0 Å². The van der Waals surface area contributed by atoms with Crippen LogP contribution in [0.4, 0.5) is 0 Å². The van der Waals surface area contributed by atoms with Crippen LogP contribution in [0.1, 0.15) is 11.5 Å². The molecule has 106 valence electrons. The number of para-hydroxylation sites is 1. The van der Waals surface area contributed by atoms with Crippen molar-refractivity contribution in [3.05, 3.63) is 47.1 Å². The Morgan fingerprint density at radius 2 is 2.05 bits per heavy atom. The van der Waals surface area contributed by atoms with Gasteiger partial charge in [0.1, 0.15) is 17.4 Å². The van der Waals surface area contributed by atoms with Gasteiger partial charge in [0.25, 0.3) is 5.82 Å². The third kappa shape index (κ3) is 1.68. The smallest absolute Gasteiger partial charge is 0.213 e. The van der Waals surface area contributed by atoms with Gasteiger partial charge in [-0.1, -0.05) is 23.7 Å². The van der Waals surface area contributed by atoms with Crippen molar-refractivity contribution in [3.63, 3.8) is 0 Å². The van der Waals surface area contributed by atoms with E-state index in [0.717, 1.165) is 10.9 Å². The van der Waals surface area contributed by atoms with Crippen molar-refractivity contribution < 1.29 is 0 Å². The molecule has 8 heteroatoms. The van der Waals surface area contributed by atoms with Gasteiger partial charge in [-0.2, -0.15) is 10.4 Å². The maximum Gasteiger partial charge on any atom is 0.252 e. The first-order valence-electron chi connectivity index (χ1n) is 6.45. The van der Waals surface area contributed by atoms with Gasteiger partial charge in [0.05, 0.1) is 11.2 Å². The Kier molecular flexibility index (Phi) is 2.61. The fraction of sp³-hybridized carbons (Fsp3) is 0.0714. The molecule has 0 amide bonds. The van der Waals surface area contributed by atoms with Crippen LogP contribution in [0, 0.1) is 18.3 Å². The summed E-state index contributed by atoms with van der Waals surface area (Å²) in [5.41, 5.74) is 2.10. The molecular weight excluding hydrogens is 302 g/mol. The average molecular weight is 310 g/mol. The van der Waals surface area contributed by atoms with E-state index in [9.17, 15) is 0 Å². The van der Waals surface area contributed by atoms with E-state index in [1.165, 1.54) is 11.0 Å². The summed E-state index contributed by atoms with van der Waals surface area (Å²) in [6.07, 6.45) is 1.46. The van der Waals surface area contributed by atoms with Crippen molar-refractivity contribution >= 4 is 28.2 Å². The lowest BCUT2D eigenvalue weighted by Gasteiger charge is -2.07. The molecule has 22 heavy (non-hydrogen) atoms. The summed E-state index contributed by atoms with van der Waals surface area (Å²) < 4.78 is 3.18. The van der Waals surface area contributed by atoms with Crippen molar-refractivity contribution in [3.8, 4) is 11.9 Å². The van der Waals surface area contributed by atoms with E-state index in [-0.39, 0.29) is 5.82 Å². The van der Waals surface area contributed by atoms with Crippen molar-refractivity contribution in [1.29, 1.82) is 5.26 Å². The third-order valence-electron chi connectivity index (χ3n) is 3.36. The lowest BCUT2D eigenvalue weighted by molar-refractivity contribution is 0.842. The summed E-state index contributed by atoms with van der Waals surface area (Å²) in [7, 11) is 0. The molecule has 0 saturated heterocycles. The molecule has 3 heterocycles. The summed E-state index contributed by atoms with van der Waals surface area (Å²) in [4.78, 5) is 8.48. The Hall–Kier alpha value is -2.98. The minimum absolute atomic E-state index is 0.0848. The van der Waals surface area contributed by atoms with Crippen LogP contribution in [0.5, 0.6) is 0 Å². The molecule has 0 aliphatic rings. The van der Waals surface area contributed by atoms with Gasteiger partial charge in [0.15, 0.2) is 11.5 Å². The van der Waals surface area contributed by atoms with Crippen LogP contribution < -0.4 is 0 Å². The van der Waals surface area contributed by atoms with Crippen molar-refractivity contribution in [2.75, 3.05) is 0 Å². The molecule has 4 aromatic rings. The van der Waals surface area contributed by atoms with Gasteiger partial charge in [0, 0.05) is 5.39 Å². The topological polar surface area (TPSA) is 84.7 Å². The van der Waals surface area contributed by atoms with Crippen LogP contribution in [0.3, 0.4) is 0 Å². The number of benzene rings is 1. The second kappa shape index (κ2) is 4.51. The number of halogens is 1. The Bertz CT molecular complexity index is 1070. The second-order valence-corrected chi connectivity index (χ2v) is 5.09. The van der Waals surface area contributed by atoms with Gasteiger partial charge in [-0.25, -0.2) is 19.2 Å². The molecule has 0 spiro atoms. The van der Waals surface area contributed by atoms with E-state index in [1.54, 1.807) is 4.52 Å². The number of aromatic nitrogens is 6. The molecule has 0 radical (unpaired) electrons. The quantitative estimate of drug-likeness (QED) is 0.538. The number of rotatable bonds is 1. The molecule has 3 aromatic heterocycles. The molecule has 0 aliphatic heterocycles. The monoisotopic (exact) mass is 309 g/mol. The highest BCUT2D eigenvalue weighted by atomic mass is 35.5. The van der Waals surface area contributed by atoms with E-state index in [0.29, 0.717) is 22.2 Å². The number of nitrogens with zero attached hydrogens (tertiary/aromatic N) is 7. The lowest BCUT2D eigenvalue weighted by atomic mass is 10.2. The minimum atomic E-state index is 0.0848. The van der Waals surface area contributed by atoms with E-state index in [2.05, 4.69) is 20.2 Å². The van der Waals surface area contributed by atoms with E-state index < -0.39 is 0 Å². The zero-order chi connectivity index (χ0) is 15.3. The Balaban J connectivity index is 2.16. The lowest BCUT2D eigenvalue weighted by Crippen LogP contribution is -2.04. The van der Waals surface area contributed by atoms with Gasteiger partial charge in [-0.15, -0.1) is 5.10 Å². The summed E-state index contributed by atoms with van der Waals surface area (Å²) in [5.74, 6) is 0.639. The normalized spacial score (nSPS) is 11.1. The van der Waals surface area contributed by atoms with E-state index in [4.69, 9.17) is 16.9 Å². The van der Waals surface area contributed by atoms with Crippen LogP contribution in [0.2, 0.25) is 5.02 Å². The molecule has 0 atom stereocenters. The van der Waals surface area contributed by atoms with Gasteiger partial charge in [0.2, 0.25) is 0 Å². The number of hydrogen-bond acceptors (Lipinski definition) is 5. The number of aryl methyl sites for hydroxylation is 1. The van der Waals surface area contributed by atoms with Gasteiger partial charge in [-0.05, 0) is 19.1 Å². The molecule has 0 saturated carbocycles. The molecule has 1 aromatic carbocycles. The average Bonchev–Trinajstić information content (AvgIpc) is 3.13. The van der Waals surface area contributed by atoms with Crippen molar-refractivity contribution in [1.82, 2.24) is 29.4 Å². The Labute approximate surface area is 129 Å². The minimum Gasteiger partial charge on any atom is -0.213 e. The Morgan fingerprint density at radius 1 is 1.23 bits per heavy atom. The first-order valence-corrected chi connectivity index (χ1v) is 6.82. The van der Waals surface area contributed by atoms with Gasteiger partial charge >= 0.3 is 0 Å².